The highest BCUT2D eigenvalue weighted by Gasteiger charge is 1.83. The van der Waals surface area contributed by atoms with Crippen LogP contribution in [-0.2, 0) is 0 Å². The quantitative estimate of drug-likeness (QED) is 0.563. The van der Waals surface area contributed by atoms with Crippen molar-refractivity contribution in [1.82, 2.24) is 0 Å². The van der Waals surface area contributed by atoms with Gasteiger partial charge in [0.05, 0.1) is 0 Å². The maximum absolute atomic E-state index is 5.56. The van der Waals surface area contributed by atoms with Crippen LogP contribution in [0.5, 0.6) is 0 Å². The van der Waals surface area contributed by atoms with Gasteiger partial charge in [0.25, 0.3) is 0 Å². The van der Waals surface area contributed by atoms with Crippen molar-refractivity contribution in [3.63, 3.8) is 0 Å². The molecule has 0 bridgehead atoms. The minimum atomic E-state index is 0.685. The third-order valence-electron chi connectivity index (χ3n) is 0.849. The molecule has 0 saturated carbocycles. The number of benzene rings is 1. The van der Waals surface area contributed by atoms with E-state index in [-0.39, 0.29) is 0 Å². The van der Waals surface area contributed by atoms with Crippen LogP contribution >= 0.6 is 11.6 Å². The molecule has 0 spiro atoms. The van der Waals surface area contributed by atoms with E-state index >= 15 is 0 Å². The number of nitrogen functional groups attached to an aromatic ring is 1. The van der Waals surface area contributed by atoms with Crippen molar-refractivity contribution in [3.8, 4) is 0 Å². The van der Waals surface area contributed by atoms with E-state index in [0.717, 1.165) is 0 Å². The molecule has 10 heavy (non-hydrogen) atoms. The van der Waals surface area contributed by atoms with Crippen LogP contribution in [0.3, 0.4) is 0 Å². The smallest absolute Gasteiger partial charge is 0.0426 e. The van der Waals surface area contributed by atoms with Crippen LogP contribution in [0.15, 0.2) is 24.3 Å². The lowest BCUT2D eigenvalue weighted by Crippen LogP contribution is -1.80. The molecule has 0 aliphatic carbocycles. The first kappa shape index (κ1) is 9.27. The lowest BCUT2D eigenvalue weighted by molar-refractivity contribution is 1.48. The van der Waals surface area contributed by atoms with E-state index in [9.17, 15) is 0 Å². The second-order valence-electron chi connectivity index (χ2n) is 1.56. The largest absolute Gasteiger partial charge is 0.399 e. The molecule has 4 N–H and O–H groups in total. The lowest BCUT2D eigenvalue weighted by Gasteiger charge is -1.89. The number of anilines is 1. The first-order valence-electron chi connectivity index (χ1n) is 2.88. The molecule has 56 valence electrons. The molecule has 0 fully saturated rings. The van der Waals surface area contributed by atoms with Crippen LogP contribution in [0.2, 0.25) is 5.02 Å². The van der Waals surface area contributed by atoms with Crippen LogP contribution in [0.4, 0.5) is 5.69 Å². The molecule has 0 heterocycles. The van der Waals surface area contributed by atoms with Gasteiger partial charge in [0.1, 0.15) is 0 Å². The monoisotopic (exact) mass is 158 g/mol. The Morgan fingerprint density at radius 3 is 2.20 bits per heavy atom. The topological polar surface area (TPSA) is 52.0 Å². The molecule has 2 nitrogen and oxygen atoms in total. The van der Waals surface area contributed by atoms with Gasteiger partial charge < -0.3 is 11.5 Å². The summed E-state index contributed by atoms with van der Waals surface area (Å²) in [6.45, 7) is 0. The summed E-state index contributed by atoms with van der Waals surface area (Å²) in [5, 5.41) is 0.685. The molecule has 0 amide bonds. The summed E-state index contributed by atoms with van der Waals surface area (Å²) in [6.07, 6.45) is 0. The van der Waals surface area contributed by atoms with E-state index in [4.69, 9.17) is 17.3 Å². The Morgan fingerprint density at radius 2 is 1.90 bits per heavy atom. The number of hydrogen-bond acceptors (Lipinski definition) is 2. The zero-order valence-corrected chi connectivity index (χ0v) is 6.60. The van der Waals surface area contributed by atoms with Crippen molar-refractivity contribution in [3.05, 3.63) is 29.3 Å². The van der Waals surface area contributed by atoms with Crippen molar-refractivity contribution < 1.29 is 0 Å². The zero-order valence-electron chi connectivity index (χ0n) is 5.84. The average Bonchev–Trinajstić information content (AvgIpc) is 1.91. The summed E-state index contributed by atoms with van der Waals surface area (Å²) >= 11 is 5.56. The summed E-state index contributed by atoms with van der Waals surface area (Å²) in [5.74, 6) is 0. The van der Waals surface area contributed by atoms with Crippen molar-refractivity contribution >= 4 is 17.3 Å². The molecule has 0 aromatic heterocycles. The average molecular weight is 159 g/mol. The molecule has 0 aliphatic rings. The van der Waals surface area contributed by atoms with Crippen LogP contribution in [0.25, 0.3) is 0 Å². The first-order chi connectivity index (χ1) is 4.79. The van der Waals surface area contributed by atoms with Gasteiger partial charge in [0.2, 0.25) is 0 Å². The van der Waals surface area contributed by atoms with E-state index in [2.05, 4.69) is 5.73 Å². The van der Waals surface area contributed by atoms with E-state index in [0.29, 0.717) is 10.7 Å². The van der Waals surface area contributed by atoms with Gasteiger partial charge in [-0.1, -0.05) is 17.7 Å². The number of rotatable bonds is 0. The second-order valence-corrected chi connectivity index (χ2v) is 1.99. The van der Waals surface area contributed by atoms with Crippen molar-refractivity contribution in [2.75, 3.05) is 12.8 Å². The normalized spacial score (nSPS) is 7.90. The second kappa shape index (κ2) is 5.09. The van der Waals surface area contributed by atoms with E-state index in [1.165, 1.54) is 7.05 Å². The van der Waals surface area contributed by atoms with Crippen molar-refractivity contribution in [1.29, 1.82) is 0 Å². The van der Waals surface area contributed by atoms with Gasteiger partial charge in [0.15, 0.2) is 0 Å². The van der Waals surface area contributed by atoms with Gasteiger partial charge in [-0.3, -0.25) is 0 Å². The van der Waals surface area contributed by atoms with Gasteiger partial charge in [-0.25, -0.2) is 0 Å². The van der Waals surface area contributed by atoms with Crippen LogP contribution in [0, 0.1) is 0 Å². The molecule has 0 radical (unpaired) electrons. The summed E-state index contributed by atoms with van der Waals surface area (Å²) in [4.78, 5) is 0. The molecule has 3 heteroatoms. The van der Waals surface area contributed by atoms with Gasteiger partial charge >= 0.3 is 0 Å². The summed E-state index contributed by atoms with van der Waals surface area (Å²) in [7, 11) is 1.50. The third kappa shape index (κ3) is 3.33. The summed E-state index contributed by atoms with van der Waals surface area (Å²) < 4.78 is 0. The zero-order chi connectivity index (χ0) is 7.98. The molecular weight excluding hydrogens is 148 g/mol. The first-order valence-corrected chi connectivity index (χ1v) is 3.25. The molecule has 0 saturated heterocycles. The summed E-state index contributed by atoms with van der Waals surface area (Å²) in [6, 6.07) is 7.11. The highest BCUT2D eigenvalue weighted by atomic mass is 35.5. The SMILES string of the molecule is CN.Nc1cccc(Cl)c1. The molecule has 1 aromatic carbocycles. The molecule has 1 rings (SSSR count). The number of nitrogens with two attached hydrogens (primary N) is 2. The van der Waals surface area contributed by atoms with Gasteiger partial charge in [-0.2, -0.15) is 0 Å². The van der Waals surface area contributed by atoms with Crippen LogP contribution in [-0.4, -0.2) is 7.05 Å². The minimum Gasteiger partial charge on any atom is -0.399 e. The molecule has 0 atom stereocenters. The maximum atomic E-state index is 5.56. The molecular formula is C7H11ClN2. The fourth-order valence-corrected chi connectivity index (χ4v) is 0.705. The fraction of sp³-hybridized carbons (Fsp3) is 0.143. The predicted octanol–water partition coefficient (Wildman–Crippen LogP) is 1.50. The minimum absolute atomic E-state index is 0.685. The van der Waals surface area contributed by atoms with Gasteiger partial charge in [0, 0.05) is 10.7 Å². The van der Waals surface area contributed by atoms with Gasteiger partial charge in [-0.05, 0) is 25.2 Å². The predicted molar refractivity (Wildman–Crippen MR) is 46.0 cm³/mol. The van der Waals surface area contributed by atoms with Crippen LogP contribution in [0.1, 0.15) is 0 Å². The van der Waals surface area contributed by atoms with Crippen LogP contribution < -0.4 is 11.5 Å². The number of halogens is 1. The molecule has 0 unspecified atom stereocenters. The maximum Gasteiger partial charge on any atom is 0.0426 e. The Hall–Kier alpha value is -0.730. The standard InChI is InChI=1S/C6H6ClN.CH5N/c7-5-2-1-3-6(8)4-5;1-2/h1-4H,8H2;2H2,1H3. The van der Waals surface area contributed by atoms with E-state index < -0.39 is 0 Å². The third-order valence-corrected chi connectivity index (χ3v) is 1.08. The lowest BCUT2D eigenvalue weighted by atomic mass is 10.3. The highest BCUT2D eigenvalue weighted by molar-refractivity contribution is 6.30. The van der Waals surface area contributed by atoms with Gasteiger partial charge in [-0.15, -0.1) is 0 Å². The Labute approximate surface area is 65.8 Å². The van der Waals surface area contributed by atoms with Crippen molar-refractivity contribution in [2.45, 2.75) is 0 Å². The number of hydrogen-bond donors (Lipinski definition) is 2. The summed E-state index contributed by atoms with van der Waals surface area (Å²) in [5.41, 5.74) is 10.6. The Balaban J connectivity index is 0.000000371. The highest BCUT2D eigenvalue weighted by Crippen LogP contribution is 2.10. The fourth-order valence-electron chi connectivity index (χ4n) is 0.507. The molecule has 0 aliphatic heterocycles. The molecule has 1 aromatic rings. The Bertz CT molecular complexity index is 171. The van der Waals surface area contributed by atoms with E-state index in [1.54, 1.807) is 18.2 Å². The Kier molecular flexibility index (Phi) is 4.72. The van der Waals surface area contributed by atoms with E-state index in [1.807, 2.05) is 6.07 Å². The van der Waals surface area contributed by atoms with Crippen molar-refractivity contribution in [2.24, 2.45) is 5.73 Å². The Morgan fingerprint density at radius 1 is 1.30 bits per heavy atom.